The molecular formula is C14H22N2O3. The van der Waals surface area contributed by atoms with Crippen LogP contribution in [0.3, 0.4) is 0 Å². The Balaban J connectivity index is 2.68. The summed E-state index contributed by atoms with van der Waals surface area (Å²) in [4.78, 5) is 11.3. The van der Waals surface area contributed by atoms with Crippen LogP contribution in [0.25, 0.3) is 0 Å². The fourth-order valence-electron chi connectivity index (χ4n) is 2.07. The monoisotopic (exact) mass is 266 g/mol. The molecule has 0 heterocycles. The third-order valence-corrected chi connectivity index (χ3v) is 2.98. The molecule has 0 spiro atoms. The molecule has 1 amide bonds. The number of hydrogen-bond donors (Lipinski definition) is 2. The number of rotatable bonds is 7. The number of hydrazine groups is 1. The van der Waals surface area contributed by atoms with Gasteiger partial charge in [-0.15, -0.1) is 0 Å². The van der Waals surface area contributed by atoms with Crippen LogP contribution < -0.4 is 20.3 Å². The second kappa shape index (κ2) is 7.63. The molecule has 0 radical (unpaired) electrons. The minimum Gasteiger partial charge on any atom is -0.496 e. The second-order valence-electron chi connectivity index (χ2n) is 4.24. The first-order valence-corrected chi connectivity index (χ1v) is 6.30. The van der Waals surface area contributed by atoms with Gasteiger partial charge in [0.15, 0.2) is 0 Å². The third-order valence-electron chi connectivity index (χ3n) is 2.98. The molecule has 5 nitrogen and oxygen atoms in total. The Bertz CT molecular complexity index is 433. The Labute approximate surface area is 114 Å². The van der Waals surface area contributed by atoms with E-state index in [4.69, 9.17) is 9.47 Å². The Morgan fingerprint density at radius 1 is 1.26 bits per heavy atom. The van der Waals surface area contributed by atoms with Gasteiger partial charge in [0.05, 0.1) is 14.2 Å². The zero-order valence-electron chi connectivity index (χ0n) is 12.0. The smallest absolute Gasteiger partial charge is 0.234 e. The number of nitrogens with one attached hydrogen (secondary N) is 2. The summed E-state index contributed by atoms with van der Waals surface area (Å²) in [5.41, 5.74) is 7.26. The van der Waals surface area contributed by atoms with Gasteiger partial charge in [-0.2, -0.15) is 0 Å². The first kappa shape index (κ1) is 15.3. The van der Waals surface area contributed by atoms with Crippen molar-refractivity contribution < 1.29 is 14.3 Å². The number of carbonyl (C=O) groups is 1. The van der Waals surface area contributed by atoms with Gasteiger partial charge < -0.3 is 9.47 Å². The lowest BCUT2D eigenvalue weighted by atomic mass is 10.0. The zero-order valence-corrected chi connectivity index (χ0v) is 12.0. The third kappa shape index (κ3) is 4.13. The second-order valence-corrected chi connectivity index (χ2v) is 4.24. The molecule has 19 heavy (non-hydrogen) atoms. The topological polar surface area (TPSA) is 59.6 Å². The van der Waals surface area contributed by atoms with E-state index >= 15 is 0 Å². The molecule has 1 rings (SSSR count). The minimum atomic E-state index is -0.00768. The van der Waals surface area contributed by atoms with Crippen LogP contribution in [0, 0.1) is 6.92 Å². The number of methoxy groups -OCH3 is 2. The molecule has 0 atom stereocenters. The van der Waals surface area contributed by atoms with E-state index in [1.807, 2.05) is 19.1 Å². The van der Waals surface area contributed by atoms with Crippen molar-refractivity contribution in [3.63, 3.8) is 0 Å². The zero-order chi connectivity index (χ0) is 14.3. The van der Waals surface area contributed by atoms with Crippen molar-refractivity contribution in [3.05, 3.63) is 23.3 Å². The number of carbonyl (C=O) groups excluding carboxylic acids is 1. The Hall–Kier alpha value is -1.75. The molecule has 106 valence electrons. The summed E-state index contributed by atoms with van der Waals surface area (Å²) in [5.74, 6) is 1.65. The van der Waals surface area contributed by atoms with Crippen LogP contribution >= 0.6 is 0 Å². The van der Waals surface area contributed by atoms with Gasteiger partial charge in [0.2, 0.25) is 5.91 Å². The lowest BCUT2D eigenvalue weighted by molar-refractivity contribution is -0.122. The van der Waals surface area contributed by atoms with E-state index in [9.17, 15) is 4.79 Å². The summed E-state index contributed by atoms with van der Waals surface area (Å²) in [6, 6.07) is 3.92. The van der Waals surface area contributed by atoms with E-state index in [-0.39, 0.29) is 5.91 Å². The van der Waals surface area contributed by atoms with Gasteiger partial charge in [0.1, 0.15) is 11.5 Å². The summed E-state index contributed by atoms with van der Waals surface area (Å²) in [6.45, 7) is 1.97. The molecule has 0 fully saturated rings. The first-order chi connectivity index (χ1) is 9.13. The first-order valence-electron chi connectivity index (χ1n) is 6.30. The largest absolute Gasteiger partial charge is 0.496 e. The maximum atomic E-state index is 11.3. The summed E-state index contributed by atoms with van der Waals surface area (Å²) >= 11 is 0. The Morgan fingerprint density at radius 2 is 2.00 bits per heavy atom. The molecule has 0 aliphatic carbocycles. The number of amides is 1. The highest BCUT2D eigenvalue weighted by atomic mass is 16.5. The van der Waals surface area contributed by atoms with E-state index in [0.717, 1.165) is 35.5 Å². The molecule has 2 N–H and O–H groups in total. The molecule has 0 aliphatic heterocycles. The molecule has 0 bridgehead atoms. The fraction of sp³-hybridized carbons (Fsp3) is 0.500. The highest BCUT2D eigenvalue weighted by molar-refractivity contribution is 5.75. The number of ether oxygens (including phenoxy) is 2. The van der Waals surface area contributed by atoms with Crippen molar-refractivity contribution in [1.29, 1.82) is 0 Å². The summed E-state index contributed by atoms with van der Waals surface area (Å²) in [5, 5.41) is 0. The van der Waals surface area contributed by atoms with Crippen molar-refractivity contribution in [2.75, 3.05) is 21.3 Å². The predicted octanol–water partition coefficient (Wildman–Crippen LogP) is 1.59. The van der Waals surface area contributed by atoms with Crippen molar-refractivity contribution in [2.24, 2.45) is 0 Å². The van der Waals surface area contributed by atoms with E-state index in [1.54, 1.807) is 21.3 Å². The standard InChI is InChI=1S/C14H22N2O3/c1-10-12(18-3)9-8-11(14(10)19-4)6-5-7-13(17)16-15-2/h8-9,15H,5-7H2,1-4H3,(H,16,17). The predicted molar refractivity (Wildman–Crippen MR) is 74.4 cm³/mol. The number of aryl methyl sites for hydroxylation is 1. The van der Waals surface area contributed by atoms with Crippen molar-refractivity contribution in [2.45, 2.75) is 26.2 Å². The molecule has 0 unspecified atom stereocenters. The highest BCUT2D eigenvalue weighted by Crippen LogP contribution is 2.32. The van der Waals surface area contributed by atoms with Crippen molar-refractivity contribution in [1.82, 2.24) is 10.9 Å². The van der Waals surface area contributed by atoms with Gasteiger partial charge >= 0.3 is 0 Å². The molecule has 5 heteroatoms. The van der Waals surface area contributed by atoms with Gasteiger partial charge in [-0.1, -0.05) is 6.07 Å². The van der Waals surface area contributed by atoms with Gasteiger partial charge in [-0.25, -0.2) is 5.43 Å². The maximum Gasteiger partial charge on any atom is 0.234 e. The quantitative estimate of drug-likeness (QED) is 0.736. The molecule has 1 aromatic rings. The van der Waals surface area contributed by atoms with Gasteiger partial charge in [-0.3, -0.25) is 10.2 Å². The highest BCUT2D eigenvalue weighted by Gasteiger charge is 2.11. The van der Waals surface area contributed by atoms with E-state index < -0.39 is 0 Å². The minimum absolute atomic E-state index is 0.00768. The molecule has 1 aromatic carbocycles. The summed E-state index contributed by atoms with van der Waals surface area (Å²) < 4.78 is 10.7. The number of benzene rings is 1. The SMILES string of the molecule is CNNC(=O)CCCc1ccc(OC)c(C)c1OC. The summed E-state index contributed by atoms with van der Waals surface area (Å²) in [7, 11) is 4.97. The Morgan fingerprint density at radius 3 is 2.58 bits per heavy atom. The van der Waals surface area contributed by atoms with Crippen LogP contribution in [-0.4, -0.2) is 27.2 Å². The molecule has 0 saturated carbocycles. The van der Waals surface area contributed by atoms with Gasteiger partial charge in [0.25, 0.3) is 0 Å². The van der Waals surface area contributed by atoms with E-state index in [1.165, 1.54) is 0 Å². The normalized spacial score (nSPS) is 10.1. The van der Waals surface area contributed by atoms with Gasteiger partial charge in [0, 0.05) is 19.0 Å². The van der Waals surface area contributed by atoms with Crippen LogP contribution in [0.2, 0.25) is 0 Å². The van der Waals surface area contributed by atoms with Crippen molar-refractivity contribution in [3.8, 4) is 11.5 Å². The molecular weight excluding hydrogens is 244 g/mol. The van der Waals surface area contributed by atoms with E-state index in [2.05, 4.69) is 10.9 Å². The lowest BCUT2D eigenvalue weighted by Crippen LogP contribution is -2.33. The van der Waals surface area contributed by atoms with Crippen LogP contribution in [0.1, 0.15) is 24.0 Å². The number of hydrogen-bond acceptors (Lipinski definition) is 4. The fourth-order valence-corrected chi connectivity index (χ4v) is 2.07. The average molecular weight is 266 g/mol. The van der Waals surface area contributed by atoms with Crippen LogP contribution in [0.15, 0.2) is 12.1 Å². The molecule has 0 aromatic heterocycles. The maximum absolute atomic E-state index is 11.3. The van der Waals surface area contributed by atoms with Crippen LogP contribution in [0.5, 0.6) is 11.5 Å². The van der Waals surface area contributed by atoms with Crippen LogP contribution in [-0.2, 0) is 11.2 Å². The van der Waals surface area contributed by atoms with E-state index in [0.29, 0.717) is 6.42 Å². The van der Waals surface area contributed by atoms with Gasteiger partial charge in [-0.05, 0) is 31.4 Å². The summed E-state index contributed by atoms with van der Waals surface area (Å²) in [6.07, 6.45) is 2.05. The van der Waals surface area contributed by atoms with Crippen molar-refractivity contribution >= 4 is 5.91 Å². The molecule has 0 aliphatic rings. The Kier molecular flexibility index (Phi) is 6.15. The lowest BCUT2D eigenvalue weighted by Gasteiger charge is -2.14. The molecule has 0 saturated heterocycles. The average Bonchev–Trinajstić information content (AvgIpc) is 2.39. The van der Waals surface area contributed by atoms with Crippen LogP contribution in [0.4, 0.5) is 0 Å².